The van der Waals surface area contributed by atoms with Crippen LogP contribution in [-0.4, -0.2) is 49.2 Å². The van der Waals surface area contributed by atoms with E-state index in [2.05, 4.69) is 40.0 Å². The molecule has 0 unspecified atom stereocenters. The number of fused-ring (bicyclic) bond motifs is 1. The maximum atomic E-state index is 13.3. The lowest BCUT2D eigenvalue weighted by molar-refractivity contribution is 0.223. The monoisotopic (exact) mass is 537 g/mol. The van der Waals surface area contributed by atoms with Gasteiger partial charge >= 0.3 is 6.03 Å². The third-order valence-electron chi connectivity index (χ3n) is 6.36. The minimum absolute atomic E-state index is 0.118. The van der Waals surface area contributed by atoms with Crippen molar-refractivity contribution >= 4 is 45.0 Å². The van der Waals surface area contributed by atoms with Crippen LogP contribution in [0.2, 0.25) is 0 Å². The van der Waals surface area contributed by atoms with Crippen LogP contribution in [0.1, 0.15) is 32.4 Å². The third-order valence-corrected chi connectivity index (χ3v) is 7.03. The van der Waals surface area contributed by atoms with Gasteiger partial charge in [-0.15, -0.1) is 0 Å². The quantitative estimate of drug-likeness (QED) is 0.340. The van der Waals surface area contributed by atoms with E-state index < -0.39 is 0 Å². The number of pyridine rings is 1. The molecular weight excluding hydrogens is 506 g/mol. The number of nitrogens with one attached hydrogen (secondary N) is 1. The minimum atomic E-state index is -0.151. The van der Waals surface area contributed by atoms with E-state index >= 15 is 0 Å². The first kappa shape index (κ1) is 25.0. The molecule has 0 fully saturated rings. The van der Waals surface area contributed by atoms with E-state index in [-0.39, 0.29) is 12.1 Å². The van der Waals surface area contributed by atoms with Gasteiger partial charge in [-0.25, -0.2) is 9.78 Å². The molecule has 184 valence electrons. The molecule has 2 heterocycles. The molecule has 1 aliphatic rings. The second kappa shape index (κ2) is 11.1. The number of amides is 2. The van der Waals surface area contributed by atoms with Crippen LogP contribution in [-0.2, 0) is 0 Å². The highest BCUT2D eigenvalue weighted by molar-refractivity contribution is 9.10. The van der Waals surface area contributed by atoms with Crippen molar-refractivity contribution in [2.75, 3.05) is 48.4 Å². The maximum absolute atomic E-state index is 13.3. The molecule has 2 aromatic carbocycles. The average Bonchev–Trinajstić information content (AvgIpc) is 2.87. The molecule has 8 heteroatoms. The molecule has 4 rings (SSSR count). The molecule has 0 saturated heterocycles. The van der Waals surface area contributed by atoms with Crippen molar-refractivity contribution in [3.8, 4) is 5.75 Å². The number of hydrogen-bond donors (Lipinski definition) is 1. The zero-order valence-corrected chi connectivity index (χ0v) is 22.2. The number of likely N-dealkylation sites (N-methyl/N-ethyl adjacent to an activating group) is 1. The van der Waals surface area contributed by atoms with E-state index in [1.165, 1.54) is 0 Å². The highest BCUT2D eigenvalue weighted by atomic mass is 79.9. The van der Waals surface area contributed by atoms with Gasteiger partial charge in [-0.2, -0.15) is 0 Å². The normalized spacial score (nSPS) is 15.4. The van der Waals surface area contributed by atoms with Crippen LogP contribution in [0.5, 0.6) is 5.75 Å². The molecule has 1 aromatic heterocycles. The number of urea groups is 1. The lowest BCUT2D eigenvalue weighted by Crippen LogP contribution is -2.47. The highest BCUT2D eigenvalue weighted by Gasteiger charge is 2.36. The largest absolute Gasteiger partial charge is 0.492 e. The van der Waals surface area contributed by atoms with Gasteiger partial charge in [0.25, 0.3) is 0 Å². The van der Waals surface area contributed by atoms with Gasteiger partial charge in [0.05, 0.1) is 11.7 Å². The van der Waals surface area contributed by atoms with E-state index in [4.69, 9.17) is 9.72 Å². The first-order chi connectivity index (χ1) is 16.9. The van der Waals surface area contributed by atoms with Crippen molar-refractivity contribution in [3.63, 3.8) is 0 Å². The van der Waals surface area contributed by atoms with E-state index in [0.717, 1.165) is 46.8 Å². The smallest absolute Gasteiger partial charge is 0.330 e. The Labute approximate surface area is 215 Å². The minimum Gasteiger partial charge on any atom is -0.492 e. The molecule has 0 saturated carbocycles. The van der Waals surface area contributed by atoms with E-state index in [9.17, 15) is 4.79 Å². The molecule has 1 atom stereocenters. The van der Waals surface area contributed by atoms with E-state index in [1.54, 1.807) is 16.8 Å². The molecule has 1 N–H and O–H groups in total. The van der Waals surface area contributed by atoms with Crippen LogP contribution < -0.4 is 19.9 Å². The summed E-state index contributed by atoms with van der Waals surface area (Å²) >= 11 is 3.58. The summed E-state index contributed by atoms with van der Waals surface area (Å²) in [6.07, 6.45) is 0. The number of hydrogen-bond acceptors (Lipinski definition) is 5. The Hall–Kier alpha value is -3.10. The number of carbonyl (C=O) groups excluding carboxylic acids is 1. The Kier molecular flexibility index (Phi) is 7.93. The molecule has 3 aromatic rings. The molecule has 0 bridgehead atoms. The number of rotatable bonds is 9. The fourth-order valence-corrected chi connectivity index (χ4v) is 4.73. The Bertz CT molecular complexity index is 1170. The number of carbonyl (C=O) groups is 1. The van der Waals surface area contributed by atoms with Crippen LogP contribution in [0.3, 0.4) is 0 Å². The van der Waals surface area contributed by atoms with Gasteiger partial charge in [0.1, 0.15) is 24.0 Å². The van der Waals surface area contributed by atoms with Crippen molar-refractivity contribution in [1.29, 1.82) is 0 Å². The van der Waals surface area contributed by atoms with Crippen molar-refractivity contribution in [2.24, 2.45) is 0 Å². The van der Waals surface area contributed by atoms with Crippen LogP contribution in [0.15, 0.2) is 65.1 Å². The zero-order chi connectivity index (χ0) is 24.9. The van der Waals surface area contributed by atoms with Gasteiger partial charge in [-0.05, 0) is 84.5 Å². The molecule has 0 radical (unpaired) electrons. The van der Waals surface area contributed by atoms with Crippen molar-refractivity contribution < 1.29 is 9.53 Å². The van der Waals surface area contributed by atoms with Crippen LogP contribution in [0.4, 0.5) is 27.8 Å². The second-order valence-electron chi connectivity index (χ2n) is 8.47. The Morgan fingerprint density at radius 2 is 1.77 bits per heavy atom. The molecule has 35 heavy (non-hydrogen) atoms. The Balaban J connectivity index is 1.47. The second-order valence-corrected chi connectivity index (χ2v) is 9.33. The van der Waals surface area contributed by atoms with Crippen LogP contribution in [0.25, 0.3) is 0 Å². The van der Waals surface area contributed by atoms with Crippen molar-refractivity contribution in [1.82, 2.24) is 9.88 Å². The molecule has 0 spiro atoms. The standard InChI is InChI=1S/C27H32BrN5O2/c1-5-32(6-2)17-18-35-21-13-11-20(12-14-21)29-25-16-15-22-19(3)33(24-10-8-7-9-23(24)28)27(34)31(4)26(22)30-25/h7-16,19H,5-6,17-18H2,1-4H3,(H,29,30)/t19-/m0/s1. The van der Waals surface area contributed by atoms with Gasteiger partial charge < -0.3 is 15.0 Å². The first-order valence-corrected chi connectivity index (χ1v) is 12.8. The predicted molar refractivity (Wildman–Crippen MR) is 146 cm³/mol. The predicted octanol–water partition coefficient (Wildman–Crippen LogP) is 6.45. The Morgan fingerprint density at radius 3 is 2.46 bits per heavy atom. The van der Waals surface area contributed by atoms with Gasteiger partial charge in [0, 0.05) is 29.3 Å². The summed E-state index contributed by atoms with van der Waals surface area (Å²) in [5.74, 6) is 2.18. The summed E-state index contributed by atoms with van der Waals surface area (Å²) in [5.41, 5.74) is 2.73. The van der Waals surface area contributed by atoms with Gasteiger partial charge in [-0.1, -0.05) is 26.0 Å². The number of nitrogens with zero attached hydrogens (tertiary/aromatic N) is 4. The molecule has 0 aliphatic carbocycles. The topological polar surface area (TPSA) is 60.9 Å². The maximum Gasteiger partial charge on any atom is 0.330 e. The summed E-state index contributed by atoms with van der Waals surface area (Å²) in [7, 11) is 1.76. The van der Waals surface area contributed by atoms with E-state index in [0.29, 0.717) is 18.2 Å². The van der Waals surface area contributed by atoms with E-state index in [1.807, 2.05) is 67.6 Å². The number of ether oxygens (including phenoxy) is 1. The number of benzene rings is 2. The fourth-order valence-electron chi connectivity index (χ4n) is 4.25. The SMILES string of the molecule is CCN(CC)CCOc1ccc(Nc2ccc3c(n2)N(C)C(=O)N(c2ccccc2Br)[C@H]3C)cc1. The third kappa shape index (κ3) is 5.44. The summed E-state index contributed by atoms with van der Waals surface area (Å²) in [4.78, 5) is 23.8. The summed E-state index contributed by atoms with van der Waals surface area (Å²) in [5, 5.41) is 3.34. The fraction of sp³-hybridized carbons (Fsp3) is 0.333. The van der Waals surface area contributed by atoms with Crippen molar-refractivity contribution in [3.05, 3.63) is 70.7 Å². The average molecular weight is 538 g/mol. The van der Waals surface area contributed by atoms with Crippen molar-refractivity contribution in [2.45, 2.75) is 26.8 Å². The van der Waals surface area contributed by atoms with Crippen LogP contribution in [0, 0.1) is 0 Å². The first-order valence-electron chi connectivity index (χ1n) is 12.0. The van der Waals surface area contributed by atoms with Crippen LogP contribution >= 0.6 is 15.9 Å². The molecule has 2 amide bonds. The summed E-state index contributed by atoms with van der Waals surface area (Å²) in [6.45, 7) is 9.97. The number of halogens is 1. The Morgan fingerprint density at radius 1 is 1.06 bits per heavy atom. The summed E-state index contributed by atoms with van der Waals surface area (Å²) < 4.78 is 6.75. The van der Waals surface area contributed by atoms with Gasteiger partial charge in [0.15, 0.2) is 0 Å². The lowest BCUT2D eigenvalue weighted by atomic mass is 10.0. The molecule has 7 nitrogen and oxygen atoms in total. The van der Waals surface area contributed by atoms with Gasteiger partial charge in [0.2, 0.25) is 0 Å². The van der Waals surface area contributed by atoms with Gasteiger partial charge in [-0.3, -0.25) is 9.80 Å². The number of para-hydroxylation sites is 1. The number of anilines is 4. The number of aromatic nitrogens is 1. The molecular formula is C27H32BrN5O2. The lowest BCUT2D eigenvalue weighted by Gasteiger charge is -2.39. The molecule has 1 aliphatic heterocycles. The zero-order valence-electron chi connectivity index (χ0n) is 20.7. The summed E-state index contributed by atoms with van der Waals surface area (Å²) in [6, 6.07) is 19.3. The highest BCUT2D eigenvalue weighted by Crippen LogP contribution is 2.40.